The van der Waals surface area contributed by atoms with Gasteiger partial charge in [-0.3, -0.25) is 0 Å². The summed E-state index contributed by atoms with van der Waals surface area (Å²) in [6, 6.07) is 0. The van der Waals surface area contributed by atoms with Crippen LogP contribution in [-0.2, 0) is 0 Å². The maximum Gasteiger partial charge on any atom is 0.0487 e. The van der Waals surface area contributed by atoms with Gasteiger partial charge >= 0.3 is 0 Å². The van der Waals surface area contributed by atoms with Crippen LogP contribution in [0.2, 0.25) is 0 Å². The first kappa shape index (κ1) is 6.09. The summed E-state index contributed by atoms with van der Waals surface area (Å²) in [6.45, 7) is 4.21. The molecule has 0 aromatic rings. The lowest BCUT2D eigenvalue weighted by Crippen LogP contribution is -2.15. The highest BCUT2D eigenvalue weighted by molar-refractivity contribution is 4.85. The van der Waals surface area contributed by atoms with Crippen molar-refractivity contribution >= 4 is 0 Å². The highest BCUT2D eigenvalue weighted by Crippen LogP contribution is 2.35. The molecule has 0 aromatic heterocycles. The molecule has 47 valence electrons. The molecule has 1 nitrogen and oxygen atoms in total. The minimum atomic E-state index is 0.0417. The summed E-state index contributed by atoms with van der Waals surface area (Å²) < 4.78 is 0. The van der Waals surface area contributed by atoms with Crippen LogP contribution in [0.1, 0.15) is 25.7 Å². The van der Waals surface area contributed by atoms with Crippen molar-refractivity contribution in [2.75, 3.05) is 6.61 Å². The molecular formula is C7H13O. The molecule has 0 bridgehead atoms. The van der Waals surface area contributed by atoms with E-state index in [0.29, 0.717) is 0 Å². The normalized spacial score (nSPS) is 26.2. The second-order valence-corrected chi connectivity index (χ2v) is 2.87. The fourth-order valence-corrected chi connectivity index (χ4v) is 1.28. The molecule has 0 saturated heterocycles. The Kier molecular flexibility index (Phi) is 1.57. The Morgan fingerprint density at radius 1 is 1.38 bits per heavy atom. The van der Waals surface area contributed by atoms with Crippen molar-refractivity contribution in [1.82, 2.24) is 0 Å². The van der Waals surface area contributed by atoms with Gasteiger partial charge in [-0.05, 0) is 25.2 Å². The summed E-state index contributed by atoms with van der Waals surface area (Å²) >= 11 is 0. The first-order chi connectivity index (χ1) is 3.77. The van der Waals surface area contributed by atoms with Crippen molar-refractivity contribution in [2.45, 2.75) is 25.7 Å². The molecule has 1 heteroatoms. The molecule has 0 amide bonds. The number of rotatable bonds is 1. The maximum absolute atomic E-state index is 8.76. The van der Waals surface area contributed by atoms with Gasteiger partial charge in [0.05, 0.1) is 0 Å². The van der Waals surface area contributed by atoms with Crippen LogP contribution in [-0.4, -0.2) is 11.7 Å². The van der Waals surface area contributed by atoms with E-state index in [0.717, 1.165) is 12.8 Å². The van der Waals surface area contributed by atoms with Crippen LogP contribution in [0.3, 0.4) is 0 Å². The number of aliphatic hydroxyl groups is 1. The van der Waals surface area contributed by atoms with Gasteiger partial charge in [-0.15, -0.1) is 0 Å². The lowest BCUT2D eigenvalue weighted by Gasteiger charge is -2.18. The fourth-order valence-electron chi connectivity index (χ4n) is 1.28. The molecule has 1 radical (unpaired) electrons. The van der Waals surface area contributed by atoms with Gasteiger partial charge in [0.2, 0.25) is 0 Å². The summed E-state index contributed by atoms with van der Waals surface area (Å²) in [5.74, 6) is 0. The molecule has 1 rings (SSSR count). The van der Waals surface area contributed by atoms with Gasteiger partial charge in [0.15, 0.2) is 0 Å². The van der Waals surface area contributed by atoms with Gasteiger partial charge in [0.1, 0.15) is 0 Å². The second-order valence-electron chi connectivity index (χ2n) is 2.87. The van der Waals surface area contributed by atoms with Crippen molar-refractivity contribution in [3.63, 3.8) is 0 Å². The number of hydrogen-bond donors (Lipinski definition) is 1. The van der Waals surface area contributed by atoms with Crippen LogP contribution < -0.4 is 0 Å². The standard InChI is InChI=1S/C7H13O/c1-7(6-8)4-2-3-5-7/h8H,1-6H2. The van der Waals surface area contributed by atoms with E-state index < -0.39 is 0 Å². The molecule has 0 unspecified atom stereocenters. The predicted molar refractivity (Wildman–Crippen MR) is 33.3 cm³/mol. The molecule has 1 saturated carbocycles. The molecule has 1 N–H and O–H groups in total. The Morgan fingerprint density at radius 2 is 1.88 bits per heavy atom. The Morgan fingerprint density at radius 3 is 2.12 bits per heavy atom. The van der Waals surface area contributed by atoms with Gasteiger partial charge in [0, 0.05) is 6.61 Å². The first-order valence-electron chi connectivity index (χ1n) is 3.23. The monoisotopic (exact) mass is 113 g/mol. The minimum absolute atomic E-state index is 0.0417. The summed E-state index contributed by atoms with van der Waals surface area (Å²) in [4.78, 5) is 0. The van der Waals surface area contributed by atoms with E-state index in [2.05, 4.69) is 6.92 Å². The van der Waals surface area contributed by atoms with Crippen LogP contribution >= 0.6 is 0 Å². The fraction of sp³-hybridized carbons (Fsp3) is 0.857. The summed E-state index contributed by atoms with van der Waals surface area (Å²) in [7, 11) is 0. The molecule has 0 aromatic carbocycles. The summed E-state index contributed by atoms with van der Waals surface area (Å²) in [6.07, 6.45) is 4.74. The number of hydrogen-bond acceptors (Lipinski definition) is 1. The van der Waals surface area contributed by atoms with Crippen LogP contribution in [0, 0.1) is 12.3 Å². The Bertz CT molecular complexity index is 72.5. The number of aliphatic hydroxyl groups excluding tert-OH is 1. The van der Waals surface area contributed by atoms with E-state index in [4.69, 9.17) is 5.11 Å². The molecule has 0 aliphatic heterocycles. The smallest absolute Gasteiger partial charge is 0.0487 e. The molecule has 8 heavy (non-hydrogen) atoms. The SMILES string of the molecule is [CH2]C1(CO)CCCC1. The van der Waals surface area contributed by atoms with Crippen LogP contribution in [0.25, 0.3) is 0 Å². The van der Waals surface area contributed by atoms with Gasteiger partial charge in [-0.25, -0.2) is 0 Å². The van der Waals surface area contributed by atoms with Crippen molar-refractivity contribution in [1.29, 1.82) is 0 Å². The average molecular weight is 113 g/mol. The molecule has 0 heterocycles. The topological polar surface area (TPSA) is 20.2 Å². The van der Waals surface area contributed by atoms with Gasteiger partial charge in [0.25, 0.3) is 0 Å². The Labute approximate surface area is 50.7 Å². The van der Waals surface area contributed by atoms with E-state index in [1.165, 1.54) is 12.8 Å². The molecule has 0 atom stereocenters. The Hall–Kier alpha value is -0.0400. The zero-order valence-corrected chi connectivity index (χ0v) is 5.19. The van der Waals surface area contributed by atoms with Gasteiger partial charge < -0.3 is 5.11 Å². The van der Waals surface area contributed by atoms with Crippen molar-refractivity contribution in [2.24, 2.45) is 5.41 Å². The minimum Gasteiger partial charge on any atom is -0.396 e. The van der Waals surface area contributed by atoms with E-state index >= 15 is 0 Å². The zero-order valence-electron chi connectivity index (χ0n) is 5.19. The van der Waals surface area contributed by atoms with Crippen molar-refractivity contribution < 1.29 is 5.11 Å². The average Bonchev–Trinajstić information content (AvgIpc) is 2.17. The van der Waals surface area contributed by atoms with E-state index in [1.807, 2.05) is 0 Å². The third-order valence-electron chi connectivity index (χ3n) is 2.00. The van der Waals surface area contributed by atoms with Crippen LogP contribution in [0.4, 0.5) is 0 Å². The molecule has 1 aliphatic rings. The lowest BCUT2D eigenvalue weighted by atomic mass is 9.90. The second kappa shape index (κ2) is 2.06. The third-order valence-corrected chi connectivity index (χ3v) is 2.00. The first-order valence-corrected chi connectivity index (χ1v) is 3.23. The van der Waals surface area contributed by atoms with Crippen molar-refractivity contribution in [3.05, 3.63) is 6.92 Å². The van der Waals surface area contributed by atoms with Gasteiger partial charge in [-0.2, -0.15) is 0 Å². The molecule has 0 spiro atoms. The zero-order chi connectivity index (χ0) is 6.04. The van der Waals surface area contributed by atoms with E-state index in [9.17, 15) is 0 Å². The highest BCUT2D eigenvalue weighted by atomic mass is 16.3. The Balaban J connectivity index is 2.40. The predicted octanol–water partition coefficient (Wildman–Crippen LogP) is 1.37. The van der Waals surface area contributed by atoms with Crippen molar-refractivity contribution in [3.8, 4) is 0 Å². The third kappa shape index (κ3) is 1.03. The van der Waals surface area contributed by atoms with Crippen LogP contribution in [0.15, 0.2) is 0 Å². The largest absolute Gasteiger partial charge is 0.396 e. The summed E-state index contributed by atoms with van der Waals surface area (Å²) in [5, 5.41) is 8.76. The molecule has 1 aliphatic carbocycles. The maximum atomic E-state index is 8.76. The summed E-state index contributed by atoms with van der Waals surface area (Å²) in [5.41, 5.74) is 0.0417. The van der Waals surface area contributed by atoms with E-state index in [-0.39, 0.29) is 12.0 Å². The molecule has 1 fully saturated rings. The highest BCUT2D eigenvalue weighted by Gasteiger charge is 2.27. The lowest BCUT2D eigenvalue weighted by molar-refractivity contribution is 0.172. The van der Waals surface area contributed by atoms with Gasteiger partial charge in [-0.1, -0.05) is 12.8 Å². The van der Waals surface area contributed by atoms with E-state index in [1.54, 1.807) is 0 Å². The molecular weight excluding hydrogens is 100 g/mol. The van der Waals surface area contributed by atoms with Crippen LogP contribution in [0.5, 0.6) is 0 Å². The quantitative estimate of drug-likeness (QED) is 0.544.